The number of benzene rings is 2. The Morgan fingerprint density at radius 3 is 2.83 bits per heavy atom. The van der Waals surface area contributed by atoms with Gasteiger partial charge in [-0.3, -0.25) is 0 Å². The first kappa shape index (κ1) is 11.3. The molecular formula is C13H9BrFN3. The fraction of sp³-hybridized carbons (Fsp3) is 0.0769. The van der Waals surface area contributed by atoms with E-state index in [2.05, 4.69) is 26.2 Å². The summed E-state index contributed by atoms with van der Waals surface area (Å²) in [6.45, 7) is 0.505. The topological polar surface area (TPSA) is 30.7 Å². The van der Waals surface area contributed by atoms with Gasteiger partial charge in [-0.2, -0.15) is 0 Å². The van der Waals surface area contributed by atoms with Gasteiger partial charge in [0, 0.05) is 4.47 Å². The molecule has 0 amide bonds. The van der Waals surface area contributed by atoms with E-state index in [4.69, 9.17) is 0 Å². The van der Waals surface area contributed by atoms with Crippen LogP contribution in [0.25, 0.3) is 11.0 Å². The van der Waals surface area contributed by atoms with Crippen LogP contribution in [0.2, 0.25) is 0 Å². The zero-order valence-corrected chi connectivity index (χ0v) is 10.9. The fourth-order valence-electron chi connectivity index (χ4n) is 1.88. The first-order valence-electron chi connectivity index (χ1n) is 5.46. The van der Waals surface area contributed by atoms with Crippen LogP contribution in [0.1, 0.15) is 5.56 Å². The highest BCUT2D eigenvalue weighted by Crippen LogP contribution is 2.21. The van der Waals surface area contributed by atoms with Crippen molar-refractivity contribution in [3.63, 3.8) is 0 Å². The first-order valence-corrected chi connectivity index (χ1v) is 6.25. The third-order valence-electron chi connectivity index (χ3n) is 2.72. The van der Waals surface area contributed by atoms with E-state index < -0.39 is 0 Å². The van der Waals surface area contributed by atoms with Crippen molar-refractivity contribution >= 4 is 27.0 Å². The summed E-state index contributed by atoms with van der Waals surface area (Å²) in [6, 6.07) is 12.3. The molecule has 0 saturated carbocycles. The van der Waals surface area contributed by atoms with Crippen LogP contribution in [0.5, 0.6) is 0 Å². The zero-order valence-electron chi connectivity index (χ0n) is 9.35. The Bertz CT molecular complexity index is 708. The predicted octanol–water partition coefficient (Wildman–Crippen LogP) is 3.38. The van der Waals surface area contributed by atoms with Crippen LogP contribution in [-0.4, -0.2) is 15.0 Å². The molecule has 1 aromatic heterocycles. The van der Waals surface area contributed by atoms with Gasteiger partial charge in [-0.15, -0.1) is 5.10 Å². The number of fused-ring (bicyclic) bond motifs is 1. The highest BCUT2D eigenvalue weighted by atomic mass is 79.9. The maximum absolute atomic E-state index is 13.1. The average molecular weight is 306 g/mol. The number of aromatic nitrogens is 3. The van der Waals surface area contributed by atoms with Gasteiger partial charge in [-0.25, -0.2) is 9.07 Å². The second-order valence-electron chi connectivity index (χ2n) is 3.98. The maximum Gasteiger partial charge on any atom is 0.127 e. The van der Waals surface area contributed by atoms with Crippen LogP contribution < -0.4 is 0 Å². The van der Waals surface area contributed by atoms with Crippen molar-refractivity contribution in [2.24, 2.45) is 0 Å². The lowest BCUT2D eigenvalue weighted by Gasteiger charge is -2.02. The van der Waals surface area contributed by atoms with Crippen molar-refractivity contribution in [2.75, 3.05) is 0 Å². The molecule has 0 fully saturated rings. The number of halogens is 2. The van der Waals surface area contributed by atoms with E-state index >= 15 is 0 Å². The summed E-state index contributed by atoms with van der Waals surface area (Å²) in [5, 5.41) is 8.20. The van der Waals surface area contributed by atoms with E-state index in [1.54, 1.807) is 10.7 Å². The van der Waals surface area contributed by atoms with Gasteiger partial charge in [-0.05, 0) is 45.8 Å². The van der Waals surface area contributed by atoms with Gasteiger partial charge < -0.3 is 0 Å². The number of nitrogens with zero attached hydrogens (tertiary/aromatic N) is 3. The molecule has 2 aromatic carbocycles. The molecule has 3 aromatic rings. The van der Waals surface area contributed by atoms with Crippen LogP contribution in [-0.2, 0) is 6.54 Å². The smallest absolute Gasteiger partial charge is 0.127 e. The highest BCUT2D eigenvalue weighted by Gasteiger charge is 2.07. The van der Waals surface area contributed by atoms with Crippen molar-refractivity contribution < 1.29 is 4.39 Å². The summed E-state index contributed by atoms with van der Waals surface area (Å²) >= 11 is 3.43. The standard InChI is InChI=1S/C13H9BrFN3/c14-11-5-2-6-12-13(11)16-17-18(12)8-9-3-1-4-10(15)7-9/h1-7H,8H2. The molecule has 0 spiro atoms. The summed E-state index contributed by atoms with van der Waals surface area (Å²) < 4.78 is 15.8. The van der Waals surface area contributed by atoms with Gasteiger partial charge in [0.25, 0.3) is 0 Å². The molecular weight excluding hydrogens is 297 g/mol. The Labute approximate surface area is 111 Å². The lowest BCUT2D eigenvalue weighted by atomic mass is 10.2. The molecule has 1 heterocycles. The summed E-state index contributed by atoms with van der Waals surface area (Å²) in [6.07, 6.45) is 0. The minimum Gasteiger partial charge on any atom is -0.240 e. The van der Waals surface area contributed by atoms with Crippen LogP contribution in [0.4, 0.5) is 4.39 Å². The van der Waals surface area contributed by atoms with E-state index in [1.165, 1.54) is 12.1 Å². The van der Waals surface area contributed by atoms with E-state index in [0.29, 0.717) is 6.54 Å². The zero-order chi connectivity index (χ0) is 12.5. The first-order chi connectivity index (χ1) is 8.74. The van der Waals surface area contributed by atoms with Gasteiger partial charge in [0.2, 0.25) is 0 Å². The SMILES string of the molecule is Fc1cccc(Cn2nnc3c(Br)cccc32)c1. The van der Waals surface area contributed by atoms with Gasteiger partial charge in [0.1, 0.15) is 11.3 Å². The molecule has 0 aliphatic rings. The van der Waals surface area contributed by atoms with Crippen LogP contribution in [0.15, 0.2) is 46.9 Å². The van der Waals surface area contributed by atoms with Gasteiger partial charge in [0.15, 0.2) is 0 Å². The molecule has 90 valence electrons. The monoisotopic (exact) mass is 305 g/mol. The van der Waals surface area contributed by atoms with E-state index in [9.17, 15) is 4.39 Å². The quantitative estimate of drug-likeness (QED) is 0.726. The number of hydrogen-bond acceptors (Lipinski definition) is 2. The minimum absolute atomic E-state index is 0.238. The van der Waals surface area contributed by atoms with Gasteiger partial charge >= 0.3 is 0 Å². The molecule has 0 aliphatic heterocycles. The van der Waals surface area contributed by atoms with Crippen LogP contribution in [0.3, 0.4) is 0 Å². The summed E-state index contributed by atoms with van der Waals surface area (Å²) in [5.41, 5.74) is 2.60. The van der Waals surface area contributed by atoms with Gasteiger partial charge in [-0.1, -0.05) is 23.4 Å². The average Bonchev–Trinajstić information content (AvgIpc) is 2.74. The lowest BCUT2D eigenvalue weighted by molar-refractivity contribution is 0.618. The van der Waals surface area contributed by atoms with Crippen molar-refractivity contribution in [3.8, 4) is 0 Å². The molecule has 0 unspecified atom stereocenters. The summed E-state index contributed by atoms with van der Waals surface area (Å²) in [5.74, 6) is -0.238. The van der Waals surface area contributed by atoms with E-state index in [0.717, 1.165) is 21.1 Å². The minimum atomic E-state index is -0.238. The molecule has 0 saturated heterocycles. The highest BCUT2D eigenvalue weighted by molar-refractivity contribution is 9.10. The Kier molecular flexibility index (Phi) is 2.83. The fourth-order valence-corrected chi connectivity index (χ4v) is 2.32. The summed E-state index contributed by atoms with van der Waals surface area (Å²) in [4.78, 5) is 0. The van der Waals surface area contributed by atoms with Crippen LogP contribution in [0, 0.1) is 5.82 Å². The molecule has 0 bridgehead atoms. The maximum atomic E-state index is 13.1. The van der Waals surface area contributed by atoms with Gasteiger partial charge in [0.05, 0.1) is 12.1 Å². The molecule has 3 nitrogen and oxygen atoms in total. The molecule has 0 radical (unpaired) electrons. The Balaban J connectivity index is 2.03. The molecule has 0 atom stereocenters. The van der Waals surface area contributed by atoms with Crippen molar-refractivity contribution in [1.29, 1.82) is 0 Å². The Hall–Kier alpha value is -1.75. The normalized spacial score (nSPS) is 11.0. The largest absolute Gasteiger partial charge is 0.240 e. The van der Waals surface area contributed by atoms with Crippen molar-refractivity contribution in [1.82, 2.24) is 15.0 Å². The van der Waals surface area contributed by atoms with Crippen LogP contribution >= 0.6 is 15.9 Å². The molecule has 3 rings (SSSR count). The van der Waals surface area contributed by atoms with Crippen molar-refractivity contribution in [3.05, 3.63) is 58.3 Å². The molecule has 18 heavy (non-hydrogen) atoms. The second kappa shape index (κ2) is 4.49. The third-order valence-corrected chi connectivity index (χ3v) is 3.36. The predicted molar refractivity (Wildman–Crippen MR) is 70.7 cm³/mol. The molecule has 0 aliphatic carbocycles. The second-order valence-corrected chi connectivity index (χ2v) is 4.84. The number of hydrogen-bond donors (Lipinski definition) is 0. The lowest BCUT2D eigenvalue weighted by Crippen LogP contribution is -2.01. The third kappa shape index (κ3) is 2.01. The number of rotatable bonds is 2. The van der Waals surface area contributed by atoms with Crippen molar-refractivity contribution in [2.45, 2.75) is 6.54 Å². The Morgan fingerprint density at radius 1 is 1.17 bits per heavy atom. The molecule has 0 N–H and O–H groups in total. The van der Waals surface area contributed by atoms with E-state index in [-0.39, 0.29) is 5.82 Å². The Morgan fingerprint density at radius 2 is 2.00 bits per heavy atom. The molecule has 5 heteroatoms. The summed E-state index contributed by atoms with van der Waals surface area (Å²) in [7, 11) is 0. The van der Waals surface area contributed by atoms with E-state index in [1.807, 2.05) is 24.3 Å².